The molecule has 1 aromatic rings. The molecule has 2 aliphatic heterocycles. The Labute approximate surface area is 157 Å². The average Bonchev–Trinajstić information content (AvgIpc) is 3.33. The van der Waals surface area contributed by atoms with Gasteiger partial charge in [-0.3, -0.25) is 4.79 Å². The Balaban J connectivity index is 1.84. The lowest BCUT2D eigenvalue weighted by atomic mass is 9.94. The lowest BCUT2D eigenvalue weighted by Gasteiger charge is -2.41. The first-order valence-corrected chi connectivity index (χ1v) is 12.3. The monoisotopic (exact) mass is 377 g/mol. The van der Waals surface area contributed by atoms with Gasteiger partial charge < -0.3 is 19.2 Å². The van der Waals surface area contributed by atoms with Crippen LogP contribution in [0.3, 0.4) is 0 Å². The Kier molecular flexibility index (Phi) is 5.07. The molecule has 0 bridgehead atoms. The summed E-state index contributed by atoms with van der Waals surface area (Å²) in [5.74, 6) is -0.107. The number of likely N-dealkylation sites (tertiary alicyclic amines) is 1. The Hall–Kier alpha value is -1.21. The lowest BCUT2D eigenvalue weighted by molar-refractivity contribution is -0.142. The highest BCUT2D eigenvalue weighted by Gasteiger charge is 2.66. The minimum Gasteiger partial charge on any atom is -0.414 e. The third-order valence-electron chi connectivity index (χ3n) is 6.27. The maximum absolute atomic E-state index is 13.1. The molecule has 1 amide bonds. The summed E-state index contributed by atoms with van der Waals surface area (Å²) in [7, 11) is -1.94. The molecule has 5 nitrogen and oxygen atoms in total. The molecule has 144 valence electrons. The van der Waals surface area contributed by atoms with Gasteiger partial charge in [0.1, 0.15) is 6.10 Å². The molecule has 26 heavy (non-hydrogen) atoms. The van der Waals surface area contributed by atoms with Crippen LogP contribution in [0.2, 0.25) is 18.1 Å². The molecular weight excluding hydrogens is 346 g/mol. The van der Waals surface area contributed by atoms with Gasteiger partial charge in [0.15, 0.2) is 13.9 Å². The summed E-state index contributed by atoms with van der Waals surface area (Å²) in [4.78, 5) is 14.9. The van der Waals surface area contributed by atoms with E-state index in [1.54, 1.807) is 0 Å². The van der Waals surface area contributed by atoms with Gasteiger partial charge in [-0.15, -0.1) is 0 Å². The zero-order valence-electron chi connectivity index (χ0n) is 16.5. The number of amides is 1. The Morgan fingerprint density at radius 3 is 2.58 bits per heavy atom. The maximum atomic E-state index is 13.1. The third-order valence-corrected chi connectivity index (χ3v) is 10.8. The number of carbonyl (C=O) groups excluding carboxylic acids is 1. The molecule has 1 aromatic carbocycles. The maximum Gasteiger partial charge on any atom is 0.260 e. The van der Waals surface area contributed by atoms with Gasteiger partial charge in [-0.2, -0.15) is 0 Å². The van der Waals surface area contributed by atoms with Crippen molar-refractivity contribution in [2.45, 2.75) is 63.1 Å². The van der Waals surface area contributed by atoms with Crippen LogP contribution in [0.5, 0.6) is 0 Å². The van der Waals surface area contributed by atoms with Crippen molar-refractivity contribution in [3.8, 4) is 0 Å². The fourth-order valence-electron chi connectivity index (χ4n) is 3.35. The van der Waals surface area contributed by atoms with E-state index in [9.17, 15) is 9.90 Å². The summed E-state index contributed by atoms with van der Waals surface area (Å²) in [6, 6.07) is 9.87. The molecule has 0 aliphatic carbocycles. The minimum atomic E-state index is -1.94. The highest BCUT2D eigenvalue weighted by atomic mass is 28.4. The second kappa shape index (κ2) is 6.75. The molecule has 3 atom stereocenters. The summed E-state index contributed by atoms with van der Waals surface area (Å²) >= 11 is 0. The topological polar surface area (TPSA) is 62.3 Å². The predicted octanol–water partition coefficient (Wildman–Crippen LogP) is 3.11. The Morgan fingerprint density at radius 2 is 2.00 bits per heavy atom. The van der Waals surface area contributed by atoms with Crippen molar-refractivity contribution in [3.05, 3.63) is 35.9 Å². The van der Waals surface area contributed by atoms with Crippen LogP contribution in [-0.2, 0) is 14.0 Å². The molecule has 3 rings (SSSR count). The molecule has 1 N–H and O–H groups in total. The van der Waals surface area contributed by atoms with E-state index in [1.807, 2.05) is 35.2 Å². The molecule has 2 heterocycles. The van der Waals surface area contributed by atoms with Crippen LogP contribution in [0.4, 0.5) is 0 Å². The van der Waals surface area contributed by atoms with Crippen LogP contribution >= 0.6 is 0 Å². The van der Waals surface area contributed by atoms with Crippen molar-refractivity contribution in [3.63, 3.8) is 0 Å². The van der Waals surface area contributed by atoms with E-state index in [4.69, 9.17) is 9.16 Å². The second-order valence-electron chi connectivity index (χ2n) is 8.94. The number of fused-ring (bicyclic) bond motifs is 1. The molecule has 0 aromatic heterocycles. The first-order valence-electron chi connectivity index (χ1n) is 9.41. The fourth-order valence-corrected chi connectivity index (χ4v) is 4.36. The second-order valence-corrected chi connectivity index (χ2v) is 13.7. The highest BCUT2D eigenvalue weighted by Crippen LogP contribution is 2.46. The number of carbonyl (C=O) groups is 1. The average molecular weight is 378 g/mol. The van der Waals surface area contributed by atoms with Gasteiger partial charge in [0.2, 0.25) is 0 Å². The van der Waals surface area contributed by atoms with Crippen LogP contribution in [0.1, 0.15) is 38.8 Å². The van der Waals surface area contributed by atoms with E-state index in [1.165, 1.54) is 0 Å². The number of rotatable bonds is 6. The normalized spacial score (nSPS) is 27.2. The predicted molar refractivity (Wildman–Crippen MR) is 103 cm³/mol. The van der Waals surface area contributed by atoms with Crippen LogP contribution in [0.25, 0.3) is 0 Å². The molecular formula is C20H31NO4Si. The number of aliphatic hydroxyl groups excluding tert-OH is 1. The van der Waals surface area contributed by atoms with Crippen molar-refractivity contribution in [2.24, 2.45) is 0 Å². The fraction of sp³-hybridized carbons (Fsp3) is 0.650. The van der Waals surface area contributed by atoms with Crippen molar-refractivity contribution in [1.82, 2.24) is 4.90 Å². The van der Waals surface area contributed by atoms with Gasteiger partial charge in [-0.25, -0.2) is 0 Å². The van der Waals surface area contributed by atoms with Crippen molar-refractivity contribution in [2.75, 3.05) is 19.8 Å². The summed E-state index contributed by atoms with van der Waals surface area (Å²) < 4.78 is 12.0. The van der Waals surface area contributed by atoms with Gasteiger partial charge in [0.05, 0.1) is 19.3 Å². The van der Waals surface area contributed by atoms with Gasteiger partial charge >= 0.3 is 0 Å². The van der Waals surface area contributed by atoms with Gasteiger partial charge in [-0.1, -0.05) is 51.1 Å². The smallest absolute Gasteiger partial charge is 0.260 e. The number of hydrogen-bond acceptors (Lipinski definition) is 4. The largest absolute Gasteiger partial charge is 0.414 e. The van der Waals surface area contributed by atoms with E-state index in [0.29, 0.717) is 13.2 Å². The number of aliphatic hydroxyl groups is 1. The van der Waals surface area contributed by atoms with Crippen LogP contribution in [0, 0.1) is 0 Å². The molecule has 0 radical (unpaired) electrons. The van der Waals surface area contributed by atoms with E-state index in [2.05, 4.69) is 33.9 Å². The third kappa shape index (κ3) is 3.35. The van der Waals surface area contributed by atoms with Crippen molar-refractivity contribution >= 4 is 14.2 Å². The molecule has 2 saturated heterocycles. The zero-order valence-corrected chi connectivity index (χ0v) is 17.5. The van der Waals surface area contributed by atoms with Gasteiger partial charge in [0, 0.05) is 6.54 Å². The molecule has 2 fully saturated rings. The van der Waals surface area contributed by atoms with Crippen molar-refractivity contribution in [1.29, 1.82) is 0 Å². The van der Waals surface area contributed by atoms with Crippen LogP contribution in [0.15, 0.2) is 30.3 Å². The number of hydrogen-bond donors (Lipinski definition) is 1. The van der Waals surface area contributed by atoms with Crippen LogP contribution < -0.4 is 0 Å². The first kappa shape index (κ1) is 19.5. The standard InChI is InChI=1S/C20H31NO4Si/c1-19(2,3)26(4,5)24-13-16(15-9-7-6-8-10-15)21-12-11-17-20(14-22,25-17)18(21)23/h6-10,16-17,22H,11-14H2,1-5H3/t16-,17-,20-/m0/s1. The number of nitrogens with zero attached hydrogens (tertiary/aromatic N) is 1. The zero-order chi connectivity index (χ0) is 19.2. The number of piperidine rings is 1. The summed E-state index contributed by atoms with van der Waals surface area (Å²) in [6.07, 6.45) is 0.629. The van der Waals surface area contributed by atoms with Crippen LogP contribution in [-0.4, -0.2) is 55.7 Å². The van der Waals surface area contributed by atoms with E-state index in [-0.39, 0.29) is 29.7 Å². The molecule has 2 aliphatic rings. The number of epoxide rings is 1. The van der Waals surface area contributed by atoms with E-state index < -0.39 is 13.9 Å². The quantitative estimate of drug-likeness (QED) is 0.611. The summed E-state index contributed by atoms with van der Waals surface area (Å²) in [5.41, 5.74) is 0.0502. The van der Waals surface area contributed by atoms with Gasteiger partial charge in [-0.05, 0) is 30.1 Å². The summed E-state index contributed by atoms with van der Waals surface area (Å²) in [6.45, 7) is 11.9. The Bertz CT molecular complexity index is 658. The molecule has 6 heteroatoms. The first-order chi connectivity index (χ1) is 12.1. The molecule has 0 spiro atoms. The van der Waals surface area contributed by atoms with Crippen molar-refractivity contribution < 1.29 is 19.1 Å². The SMILES string of the molecule is CC(C)(C)[Si](C)(C)OC[C@@H](c1ccccc1)N1CC[C@@H]2O[C@]2(CO)C1=O. The van der Waals surface area contributed by atoms with E-state index >= 15 is 0 Å². The number of ether oxygens (including phenoxy) is 1. The Morgan fingerprint density at radius 1 is 1.35 bits per heavy atom. The number of benzene rings is 1. The van der Waals surface area contributed by atoms with E-state index in [0.717, 1.165) is 12.0 Å². The molecule has 0 saturated carbocycles. The summed E-state index contributed by atoms with van der Waals surface area (Å²) in [5, 5.41) is 9.81. The van der Waals surface area contributed by atoms with Gasteiger partial charge in [0.25, 0.3) is 5.91 Å². The lowest BCUT2D eigenvalue weighted by Crippen LogP contribution is -2.52. The highest BCUT2D eigenvalue weighted by molar-refractivity contribution is 6.74. The molecule has 0 unspecified atom stereocenters. The minimum absolute atomic E-state index is 0.107.